The van der Waals surface area contributed by atoms with Gasteiger partial charge in [0.05, 0.1) is 28.2 Å². The second-order valence-electron chi connectivity index (χ2n) is 9.27. The van der Waals surface area contributed by atoms with Gasteiger partial charge in [-0.2, -0.15) is 13.2 Å². The van der Waals surface area contributed by atoms with Crippen molar-refractivity contribution >= 4 is 9.84 Å². The molecule has 0 bridgehead atoms. The van der Waals surface area contributed by atoms with Crippen LogP contribution in [0.1, 0.15) is 11.5 Å². The first-order chi connectivity index (χ1) is 20.0. The van der Waals surface area contributed by atoms with Gasteiger partial charge in [-0.05, 0) is 60.5 Å². The summed E-state index contributed by atoms with van der Waals surface area (Å²) < 4.78 is 124. The van der Waals surface area contributed by atoms with E-state index in [0.717, 1.165) is 46.1 Å². The van der Waals surface area contributed by atoms with E-state index in [-0.39, 0.29) is 33.4 Å². The van der Waals surface area contributed by atoms with Crippen LogP contribution in [-0.2, 0) is 16.0 Å². The third-order valence-electron chi connectivity index (χ3n) is 6.23. The fraction of sp³-hybridized carbons (Fsp3) is 0.148. The Morgan fingerprint density at radius 3 is 2.21 bits per heavy atom. The smallest absolute Gasteiger partial charge is 0.403 e. The molecule has 0 unspecified atom stereocenters. The summed E-state index contributed by atoms with van der Waals surface area (Å²) in [4.78, 5) is 3.61. The molecule has 0 saturated carbocycles. The lowest BCUT2D eigenvalue weighted by molar-refractivity contribution is -0.275. The van der Waals surface area contributed by atoms with Crippen molar-refractivity contribution in [2.75, 3.05) is 6.26 Å². The van der Waals surface area contributed by atoms with Crippen molar-refractivity contribution in [1.82, 2.24) is 24.5 Å². The fourth-order valence-corrected chi connectivity index (χ4v) is 4.98. The lowest BCUT2D eigenvalue weighted by Crippen LogP contribution is -2.18. The van der Waals surface area contributed by atoms with E-state index in [1.54, 1.807) is 6.07 Å². The van der Waals surface area contributed by atoms with Crippen molar-refractivity contribution in [2.45, 2.75) is 24.4 Å². The average Bonchev–Trinajstić information content (AvgIpc) is 3.55. The number of imidazole rings is 1. The summed E-state index contributed by atoms with van der Waals surface area (Å²) >= 11 is 0. The van der Waals surface area contributed by atoms with Crippen LogP contribution in [0.25, 0.3) is 33.8 Å². The largest absolute Gasteiger partial charge is 0.573 e. The summed E-state index contributed by atoms with van der Waals surface area (Å²) in [5.41, 5.74) is -0.107. The zero-order chi connectivity index (χ0) is 31.3. The third-order valence-corrected chi connectivity index (χ3v) is 7.34. The van der Waals surface area contributed by atoms with Crippen LogP contribution in [0, 0.1) is 12.7 Å². The van der Waals surface area contributed by atoms with E-state index in [9.17, 15) is 39.2 Å². The molecule has 8 nitrogen and oxygen atoms in total. The maximum Gasteiger partial charge on any atom is 0.573 e. The number of halogens is 7. The molecular formula is C27H18F7N5O3S. The van der Waals surface area contributed by atoms with Gasteiger partial charge >= 0.3 is 12.5 Å². The molecule has 0 fully saturated rings. The number of ether oxygens (including phenoxy) is 1. The topological polar surface area (TPSA) is 91.9 Å². The number of hydrogen-bond donors (Lipinski definition) is 0. The molecule has 0 aliphatic carbocycles. The van der Waals surface area contributed by atoms with Crippen molar-refractivity contribution in [3.8, 4) is 39.5 Å². The predicted molar refractivity (Wildman–Crippen MR) is 139 cm³/mol. The third kappa shape index (κ3) is 6.23. The van der Waals surface area contributed by atoms with Crippen LogP contribution in [0.5, 0.6) is 5.75 Å². The Morgan fingerprint density at radius 2 is 1.56 bits per heavy atom. The second kappa shape index (κ2) is 10.5. The number of nitrogens with zero attached hydrogens (tertiary/aromatic N) is 5. The van der Waals surface area contributed by atoms with Crippen molar-refractivity contribution in [3.63, 3.8) is 0 Å². The highest BCUT2D eigenvalue weighted by molar-refractivity contribution is 7.90. The summed E-state index contributed by atoms with van der Waals surface area (Å²) in [5, 5.41) is 7.83. The van der Waals surface area contributed by atoms with Crippen LogP contribution in [0.3, 0.4) is 0 Å². The molecule has 5 rings (SSSR count). The minimum Gasteiger partial charge on any atom is -0.403 e. The molecule has 2 heterocycles. The number of aromatic nitrogens is 5. The monoisotopic (exact) mass is 625 g/mol. The number of alkyl halides is 6. The number of hydrogen-bond acceptors (Lipinski definition) is 6. The minimum atomic E-state index is -5.19. The Morgan fingerprint density at radius 1 is 0.860 bits per heavy atom. The number of sulfone groups is 1. The predicted octanol–water partition coefficient (Wildman–Crippen LogP) is 6.56. The van der Waals surface area contributed by atoms with Gasteiger partial charge in [-0.25, -0.2) is 22.5 Å². The van der Waals surface area contributed by atoms with Gasteiger partial charge < -0.3 is 9.30 Å². The second-order valence-corrected chi connectivity index (χ2v) is 11.3. The van der Waals surface area contributed by atoms with Crippen molar-refractivity contribution in [3.05, 3.63) is 90.4 Å². The zero-order valence-corrected chi connectivity index (χ0v) is 22.8. The van der Waals surface area contributed by atoms with Crippen LogP contribution in [0.4, 0.5) is 30.7 Å². The molecule has 0 N–H and O–H groups in total. The van der Waals surface area contributed by atoms with Gasteiger partial charge in [0.15, 0.2) is 27.1 Å². The Labute approximate surface area is 238 Å². The van der Waals surface area contributed by atoms with Crippen LogP contribution in [0.15, 0.2) is 78.0 Å². The molecule has 43 heavy (non-hydrogen) atoms. The van der Waals surface area contributed by atoms with Gasteiger partial charge in [-0.1, -0.05) is 23.4 Å². The quantitative estimate of drug-likeness (QED) is 0.199. The molecule has 0 saturated heterocycles. The minimum absolute atomic E-state index is 0.0144. The average molecular weight is 626 g/mol. The van der Waals surface area contributed by atoms with E-state index in [4.69, 9.17) is 0 Å². The molecule has 16 heteroatoms. The van der Waals surface area contributed by atoms with E-state index in [1.165, 1.54) is 43.3 Å². The van der Waals surface area contributed by atoms with E-state index in [0.29, 0.717) is 11.1 Å². The van der Waals surface area contributed by atoms with Gasteiger partial charge in [0.25, 0.3) is 0 Å². The highest BCUT2D eigenvalue weighted by Crippen LogP contribution is 2.35. The first kappa shape index (κ1) is 29.8. The Hall–Kier alpha value is -4.73. The standard InChI is InChI=1S/C27H18F7N5O3S/c1-15-36-25(26(29,30)31)14-38(15)21-9-7-17(16-4-3-5-19(10-16)43(2,40)41)11-22(21)39-23(13-35-37-39)18-6-8-20(28)24(12-18)42-27(32,33)34/h3-14H,1-2H3. The first-order valence-corrected chi connectivity index (χ1v) is 14.0. The fourth-order valence-electron chi connectivity index (χ4n) is 4.31. The summed E-state index contributed by atoms with van der Waals surface area (Å²) in [6.45, 7) is 1.34. The van der Waals surface area contributed by atoms with Crippen LogP contribution >= 0.6 is 0 Å². The molecule has 224 valence electrons. The number of aryl methyl sites for hydroxylation is 1. The zero-order valence-electron chi connectivity index (χ0n) is 21.9. The van der Waals surface area contributed by atoms with Gasteiger partial charge in [-0.15, -0.1) is 18.3 Å². The Bertz CT molecular complexity index is 1950. The van der Waals surface area contributed by atoms with E-state index >= 15 is 0 Å². The normalized spacial score (nSPS) is 12.5. The summed E-state index contributed by atoms with van der Waals surface area (Å²) in [6, 6.07) is 13.1. The van der Waals surface area contributed by atoms with Crippen LogP contribution in [-0.4, -0.2) is 45.6 Å². The summed E-state index contributed by atoms with van der Waals surface area (Å²) in [5.74, 6) is -2.46. The van der Waals surface area contributed by atoms with E-state index in [2.05, 4.69) is 20.0 Å². The number of benzene rings is 3. The Balaban J connectivity index is 1.73. The highest BCUT2D eigenvalue weighted by Gasteiger charge is 2.35. The maximum atomic E-state index is 14.1. The summed E-state index contributed by atoms with van der Waals surface area (Å²) in [6.07, 6.45) is -6.99. The lowest BCUT2D eigenvalue weighted by atomic mass is 10.0. The molecule has 5 aromatic rings. The highest BCUT2D eigenvalue weighted by atomic mass is 32.2. The Kier molecular flexibility index (Phi) is 7.28. The van der Waals surface area contributed by atoms with Gasteiger partial charge in [0, 0.05) is 18.0 Å². The van der Waals surface area contributed by atoms with E-state index in [1.807, 2.05) is 0 Å². The molecule has 0 spiro atoms. The molecule has 3 aromatic carbocycles. The molecule has 0 atom stereocenters. The van der Waals surface area contributed by atoms with Gasteiger partial charge in [0.1, 0.15) is 5.82 Å². The molecular weight excluding hydrogens is 607 g/mol. The molecule has 2 aromatic heterocycles. The van der Waals surface area contributed by atoms with Crippen molar-refractivity contribution in [1.29, 1.82) is 0 Å². The SMILES string of the molecule is Cc1nc(C(F)(F)F)cn1-c1ccc(-c2cccc(S(C)(=O)=O)c2)cc1-n1nncc1-c1ccc(F)c(OC(F)(F)F)c1. The van der Waals surface area contributed by atoms with Crippen molar-refractivity contribution in [2.24, 2.45) is 0 Å². The van der Waals surface area contributed by atoms with Gasteiger partial charge in [-0.3, -0.25) is 0 Å². The molecule has 0 radical (unpaired) electrons. The van der Waals surface area contributed by atoms with Gasteiger partial charge in [0.2, 0.25) is 0 Å². The van der Waals surface area contributed by atoms with Crippen LogP contribution in [0.2, 0.25) is 0 Å². The number of rotatable bonds is 6. The molecule has 0 aliphatic heterocycles. The maximum absolute atomic E-state index is 14.1. The van der Waals surface area contributed by atoms with Crippen molar-refractivity contribution < 1.29 is 43.9 Å². The van der Waals surface area contributed by atoms with Crippen LogP contribution < -0.4 is 4.74 Å². The lowest BCUT2D eigenvalue weighted by Gasteiger charge is -2.16. The van der Waals surface area contributed by atoms with E-state index < -0.39 is 39.6 Å². The molecule has 0 amide bonds. The first-order valence-electron chi connectivity index (χ1n) is 12.1. The summed E-state index contributed by atoms with van der Waals surface area (Å²) in [7, 11) is -3.59. The molecule has 0 aliphatic rings.